The minimum absolute atomic E-state index is 0.176. The lowest BCUT2D eigenvalue weighted by molar-refractivity contribution is 0.0734. The summed E-state index contributed by atoms with van der Waals surface area (Å²) in [6.45, 7) is 2.06. The number of halogens is 1. The Morgan fingerprint density at radius 2 is 1.85 bits per heavy atom. The Balaban J connectivity index is 1.55. The van der Waals surface area contributed by atoms with Crippen molar-refractivity contribution in [1.82, 2.24) is 4.98 Å². The molecule has 0 saturated heterocycles. The second-order valence-electron chi connectivity index (χ2n) is 5.91. The normalized spacial score (nSPS) is 10.8. The molecule has 5 heteroatoms. The summed E-state index contributed by atoms with van der Waals surface area (Å²) in [5.41, 5.74) is 3.30. The van der Waals surface area contributed by atoms with Crippen LogP contribution in [0.5, 0.6) is 5.75 Å². The van der Waals surface area contributed by atoms with Gasteiger partial charge >= 0.3 is 5.97 Å². The van der Waals surface area contributed by atoms with Gasteiger partial charge in [-0.15, -0.1) is 11.3 Å². The molecule has 0 aliphatic carbocycles. The summed E-state index contributed by atoms with van der Waals surface area (Å²) in [5.74, 6) is -0.659. The molecule has 3 aromatic carbocycles. The zero-order valence-corrected chi connectivity index (χ0v) is 14.7. The number of nitrogens with zero attached hydrogens (tertiary/aromatic N) is 1. The largest absolute Gasteiger partial charge is 0.423 e. The second-order valence-corrected chi connectivity index (χ2v) is 6.95. The Kier molecular flexibility index (Phi) is 4.22. The Bertz CT molecular complexity index is 1100. The van der Waals surface area contributed by atoms with Gasteiger partial charge in [-0.1, -0.05) is 12.1 Å². The summed E-state index contributed by atoms with van der Waals surface area (Å²) >= 11 is 1.62. The lowest BCUT2D eigenvalue weighted by atomic mass is 10.2. The third kappa shape index (κ3) is 3.34. The van der Waals surface area contributed by atoms with E-state index < -0.39 is 11.8 Å². The molecule has 0 fully saturated rings. The molecule has 1 heterocycles. The van der Waals surface area contributed by atoms with E-state index in [9.17, 15) is 9.18 Å². The van der Waals surface area contributed by atoms with E-state index in [0.717, 1.165) is 26.9 Å². The molecule has 0 saturated carbocycles. The Labute approximate surface area is 153 Å². The lowest BCUT2D eigenvalue weighted by Gasteiger charge is -2.05. The number of carbonyl (C=O) groups excluding carboxylic acids is 1. The third-order valence-electron chi connectivity index (χ3n) is 3.92. The van der Waals surface area contributed by atoms with Crippen LogP contribution < -0.4 is 4.74 Å². The lowest BCUT2D eigenvalue weighted by Crippen LogP contribution is -2.08. The van der Waals surface area contributed by atoms with Crippen LogP contribution in [0.1, 0.15) is 15.9 Å². The zero-order chi connectivity index (χ0) is 18.1. The molecule has 0 N–H and O–H groups in total. The number of benzene rings is 3. The molecule has 4 rings (SSSR count). The van der Waals surface area contributed by atoms with E-state index in [4.69, 9.17) is 4.74 Å². The average Bonchev–Trinajstić information content (AvgIpc) is 3.05. The van der Waals surface area contributed by atoms with Crippen molar-refractivity contribution in [2.75, 3.05) is 0 Å². The van der Waals surface area contributed by atoms with Gasteiger partial charge in [0, 0.05) is 5.56 Å². The third-order valence-corrected chi connectivity index (χ3v) is 4.98. The maximum Gasteiger partial charge on any atom is 0.343 e. The van der Waals surface area contributed by atoms with Gasteiger partial charge in [-0.2, -0.15) is 0 Å². The molecule has 0 bridgehead atoms. The van der Waals surface area contributed by atoms with Gasteiger partial charge in [0.1, 0.15) is 16.6 Å². The first-order valence-corrected chi connectivity index (χ1v) is 8.85. The average molecular weight is 363 g/mol. The fourth-order valence-electron chi connectivity index (χ4n) is 2.60. The molecule has 0 unspecified atom stereocenters. The molecule has 1 aromatic heterocycles. The molecule has 26 heavy (non-hydrogen) atoms. The van der Waals surface area contributed by atoms with E-state index in [2.05, 4.69) is 18.0 Å². The minimum Gasteiger partial charge on any atom is -0.423 e. The predicted molar refractivity (Wildman–Crippen MR) is 101 cm³/mol. The summed E-state index contributed by atoms with van der Waals surface area (Å²) in [5, 5.41) is 0.911. The molecule has 0 aliphatic heterocycles. The first-order valence-electron chi connectivity index (χ1n) is 8.04. The van der Waals surface area contributed by atoms with Crippen LogP contribution in [0.2, 0.25) is 0 Å². The van der Waals surface area contributed by atoms with Crippen LogP contribution in [0.25, 0.3) is 20.8 Å². The molecular weight excluding hydrogens is 349 g/mol. The fourth-order valence-corrected chi connectivity index (χ4v) is 3.67. The molecule has 0 radical (unpaired) electrons. The maximum atomic E-state index is 13.2. The van der Waals surface area contributed by atoms with Gasteiger partial charge in [0.2, 0.25) is 0 Å². The number of fused-ring (bicyclic) bond motifs is 1. The van der Waals surface area contributed by atoms with Crippen LogP contribution in [-0.4, -0.2) is 11.0 Å². The van der Waals surface area contributed by atoms with Crippen molar-refractivity contribution in [3.8, 4) is 16.3 Å². The van der Waals surface area contributed by atoms with Gasteiger partial charge in [0.15, 0.2) is 0 Å². The number of rotatable bonds is 3. The highest BCUT2D eigenvalue weighted by molar-refractivity contribution is 7.21. The van der Waals surface area contributed by atoms with E-state index in [1.165, 1.54) is 23.8 Å². The molecule has 128 valence electrons. The van der Waals surface area contributed by atoms with Crippen LogP contribution in [0.15, 0.2) is 66.7 Å². The highest BCUT2D eigenvalue weighted by Gasteiger charge is 2.11. The summed E-state index contributed by atoms with van der Waals surface area (Å²) < 4.78 is 19.6. The Morgan fingerprint density at radius 3 is 2.62 bits per heavy atom. The van der Waals surface area contributed by atoms with Crippen molar-refractivity contribution >= 4 is 27.5 Å². The predicted octanol–water partition coefficient (Wildman–Crippen LogP) is 5.63. The van der Waals surface area contributed by atoms with E-state index in [1.807, 2.05) is 24.3 Å². The Morgan fingerprint density at radius 1 is 1.04 bits per heavy atom. The van der Waals surface area contributed by atoms with Gasteiger partial charge in [0.05, 0.1) is 15.8 Å². The maximum absolute atomic E-state index is 13.2. The quantitative estimate of drug-likeness (QED) is 0.350. The Hall–Kier alpha value is -3.05. The zero-order valence-electron chi connectivity index (χ0n) is 13.9. The molecular formula is C21H14FNO2S. The first-order chi connectivity index (χ1) is 12.6. The molecule has 0 atom stereocenters. The number of aromatic nitrogens is 1. The summed E-state index contributed by atoms with van der Waals surface area (Å²) in [7, 11) is 0. The van der Waals surface area contributed by atoms with Crippen molar-refractivity contribution in [3.05, 3.63) is 83.7 Å². The van der Waals surface area contributed by atoms with Gasteiger partial charge in [-0.25, -0.2) is 14.2 Å². The SMILES string of the molecule is Cc1ccc2nc(-c3ccc(OC(=O)c4cccc(F)c4)cc3)sc2c1. The topological polar surface area (TPSA) is 39.2 Å². The van der Waals surface area contributed by atoms with E-state index in [-0.39, 0.29) is 5.56 Å². The number of hydrogen-bond acceptors (Lipinski definition) is 4. The fraction of sp³-hybridized carbons (Fsp3) is 0.0476. The van der Waals surface area contributed by atoms with Crippen LogP contribution in [0, 0.1) is 12.7 Å². The number of thiazole rings is 1. The smallest absolute Gasteiger partial charge is 0.343 e. The number of hydrogen-bond donors (Lipinski definition) is 0. The highest BCUT2D eigenvalue weighted by Crippen LogP contribution is 2.31. The van der Waals surface area contributed by atoms with Crippen molar-refractivity contribution in [2.45, 2.75) is 6.92 Å². The molecule has 0 amide bonds. The van der Waals surface area contributed by atoms with Crippen molar-refractivity contribution in [3.63, 3.8) is 0 Å². The first kappa shape index (κ1) is 16.4. The summed E-state index contributed by atoms with van der Waals surface area (Å²) in [6, 6.07) is 18.7. The van der Waals surface area contributed by atoms with E-state index in [0.29, 0.717) is 5.75 Å². The van der Waals surface area contributed by atoms with Crippen molar-refractivity contribution in [2.24, 2.45) is 0 Å². The van der Waals surface area contributed by atoms with Crippen LogP contribution >= 0.6 is 11.3 Å². The van der Waals surface area contributed by atoms with Crippen LogP contribution in [0.4, 0.5) is 4.39 Å². The molecule has 4 aromatic rings. The molecule has 0 spiro atoms. The van der Waals surface area contributed by atoms with E-state index in [1.54, 1.807) is 23.5 Å². The highest BCUT2D eigenvalue weighted by atomic mass is 32.1. The summed E-state index contributed by atoms with van der Waals surface area (Å²) in [6.07, 6.45) is 0. The van der Waals surface area contributed by atoms with Gasteiger partial charge in [0.25, 0.3) is 0 Å². The van der Waals surface area contributed by atoms with Crippen LogP contribution in [-0.2, 0) is 0 Å². The summed E-state index contributed by atoms with van der Waals surface area (Å²) in [4.78, 5) is 16.7. The monoisotopic (exact) mass is 363 g/mol. The van der Waals surface area contributed by atoms with Crippen molar-refractivity contribution in [1.29, 1.82) is 0 Å². The van der Waals surface area contributed by atoms with Crippen LogP contribution in [0.3, 0.4) is 0 Å². The number of carbonyl (C=O) groups is 1. The van der Waals surface area contributed by atoms with E-state index >= 15 is 0 Å². The number of ether oxygens (including phenoxy) is 1. The number of esters is 1. The molecule has 0 aliphatic rings. The number of aryl methyl sites for hydroxylation is 1. The second kappa shape index (κ2) is 6.69. The van der Waals surface area contributed by atoms with Gasteiger partial charge < -0.3 is 4.74 Å². The standard InChI is InChI=1S/C21H14FNO2S/c1-13-5-10-18-19(11-13)26-20(23-18)14-6-8-17(9-7-14)25-21(24)15-3-2-4-16(22)12-15/h2-12H,1H3. The molecule has 3 nitrogen and oxygen atoms in total. The van der Waals surface area contributed by atoms with Gasteiger partial charge in [-0.05, 0) is 67.1 Å². The van der Waals surface area contributed by atoms with Crippen molar-refractivity contribution < 1.29 is 13.9 Å². The van der Waals surface area contributed by atoms with Gasteiger partial charge in [-0.3, -0.25) is 0 Å². The minimum atomic E-state index is -0.590.